The lowest BCUT2D eigenvalue weighted by molar-refractivity contribution is -0.136. The van der Waals surface area contributed by atoms with Gasteiger partial charge in [-0.25, -0.2) is 0 Å². The molecule has 2 rings (SSSR count). The lowest BCUT2D eigenvalue weighted by Crippen LogP contribution is -2.56. The minimum absolute atomic E-state index is 0.201. The van der Waals surface area contributed by atoms with E-state index in [0.29, 0.717) is 19.7 Å². The number of carbonyl (C=O) groups excluding carboxylic acids is 1. The van der Waals surface area contributed by atoms with Crippen LogP contribution in [-0.4, -0.2) is 48.2 Å². The van der Waals surface area contributed by atoms with Gasteiger partial charge in [0.15, 0.2) is 0 Å². The maximum absolute atomic E-state index is 11.6. The molecule has 1 amide bonds. The maximum Gasteiger partial charge on any atom is 0.237 e. The van der Waals surface area contributed by atoms with Crippen molar-refractivity contribution in [3.63, 3.8) is 0 Å². The summed E-state index contributed by atoms with van der Waals surface area (Å²) in [6.07, 6.45) is -0.201. The fourth-order valence-electron chi connectivity index (χ4n) is 2.58. The van der Waals surface area contributed by atoms with Crippen molar-refractivity contribution < 1.29 is 14.3 Å². The second-order valence-corrected chi connectivity index (χ2v) is 5.03. The van der Waals surface area contributed by atoms with E-state index >= 15 is 0 Å². The Kier molecular flexibility index (Phi) is 4.57. The highest BCUT2D eigenvalue weighted by Crippen LogP contribution is 2.19. The van der Waals surface area contributed by atoms with Gasteiger partial charge in [-0.05, 0) is 13.8 Å². The molecule has 2 N–H and O–H groups in total. The number of aryl methyl sites for hydroxylation is 1. The zero-order valence-electron chi connectivity index (χ0n) is 12.1. The number of carbonyl (C=O) groups is 1. The average Bonchev–Trinajstić information content (AvgIpc) is 2.37. The summed E-state index contributed by atoms with van der Waals surface area (Å²) >= 11 is 0. The van der Waals surface area contributed by atoms with E-state index in [0.717, 1.165) is 17.1 Å². The van der Waals surface area contributed by atoms with Gasteiger partial charge in [0.25, 0.3) is 0 Å². The van der Waals surface area contributed by atoms with E-state index in [9.17, 15) is 4.79 Å². The molecule has 0 aliphatic carbocycles. The van der Waals surface area contributed by atoms with E-state index in [-0.39, 0.29) is 12.0 Å². The van der Waals surface area contributed by atoms with E-state index < -0.39 is 6.04 Å². The van der Waals surface area contributed by atoms with E-state index in [1.54, 1.807) is 7.11 Å². The van der Waals surface area contributed by atoms with Crippen LogP contribution in [0.2, 0.25) is 0 Å². The number of pyridine rings is 1. The van der Waals surface area contributed by atoms with Gasteiger partial charge in [0.1, 0.15) is 11.8 Å². The summed E-state index contributed by atoms with van der Waals surface area (Å²) < 4.78 is 10.7. The first-order chi connectivity index (χ1) is 9.51. The van der Waals surface area contributed by atoms with Crippen LogP contribution in [0.15, 0.2) is 12.1 Å². The van der Waals surface area contributed by atoms with E-state index in [4.69, 9.17) is 15.2 Å². The predicted molar refractivity (Wildman–Crippen MR) is 74.3 cm³/mol. The van der Waals surface area contributed by atoms with Crippen LogP contribution >= 0.6 is 0 Å². The molecule has 0 unspecified atom stereocenters. The fraction of sp³-hybridized carbons (Fsp3) is 0.571. The van der Waals surface area contributed by atoms with Crippen molar-refractivity contribution >= 4 is 5.91 Å². The quantitative estimate of drug-likeness (QED) is 0.867. The molecular formula is C14H21N3O3. The molecule has 1 aromatic heterocycles. The average molecular weight is 279 g/mol. The highest BCUT2D eigenvalue weighted by atomic mass is 16.5. The molecule has 1 fully saturated rings. The summed E-state index contributed by atoms with van der Waals surface area (Å²) in [5, 5.41) is 0. The Labute approximate surface area is 118 Å². The Bertz CT molecular complexity index is 493. The largest absolute Gasteiger partial charge is 0.497 e. The van der Waals surface area contributed by atoms with Crippen LogP contribution < -0.4 is 10.5 Å². The van der Waals surface area contributed by atoms with Crippen LogP contribution in [0.4, 0.5) is 0 Å². The number of aromatic nitrogens is 1. The molecule has 1 aromatic rings. The SMILES string of the molecule is COc1cc(C)nc(CN2CCO[C@H](C)[C@H]2C(N)=O)c1. The molecule has 6 nitrogen and oxygen atoms in total. The molecule has 20 heavy (non-hydrogen) atoms. The molecule has 1 aliphatic rings. The number of ether oxygens (including phenoxy) is 2. The van der Waals surface area contributed by atoms with Crippen molar-refractivity contribution in [3.8, 4) is 5.75 Å². The summed E-state index contributed by atoms with van der Waals surface area (Å²) in [5.41, 5.74) is 7.23. The topological polar surface area (TPSA) is 77.7 Å². The number of methoxy groups -OCH3 is 1. The second kappa shape index (κ2) is 6.19. The van der Waals surface area contributed by atoms with E-state index in [1.165, 1.54) is 0 Å². The number of morpholine rings is 1. The zero-order valence-corrected chi connectivity index (χ0v) is 12.1. The Morgan fingerprint density at radius 1 is 1.60 bits per heavy atom. The van der Waals surface area contributed by atoms with Gasteiger partial charge in [0, 0.05) is 30.9 Å². The number of nitrogens with two attached hydrogens (primary N) is 1. The van der Waals surface area contributed by atoms with Gasteiger partial charge in [-0.3, -0.25) is 14.7 Å². The molecule has 6 heteroatoms. The molecule has 1 aliphatic heterocycles. The highest BCUT2D eigenvalue weighted by Gasteiger charge is 2.33. The smallest absolute Gasteiger partial charge is 0.237 e. The van der Waals surface area contributed by atoms with Crippen LogP contribution in [-0.2, 0) is 16.1 Å². The van der Waals surface area contributed by atoms with Crippen LogP contribution in [0.5, 0.6) is 5.75 Å². The molecule has 0 saturated carbocycles. The summed E-state index contributed by atoms with van der Waals surface area (Å²) in [5.74, 6) is 0.404. The number of rotatable bonds is 4. The predicted octanol–water partition coefficient (Wildman–Crippen LogP) is 0.473. The fourth-order valence-corrected chi connectivity index (χ4v) is 2.58. The second-order valence-electron chi connectivity index (χ2n) is 5.03. The zero-order chi connectivity index (χ0) is 14.7. The van der Waals surface area contributed by atoms with Gasteiger partial charge in [-0.2, -0.15) is 0 Å². The number of amides is 1. The lowest BCUT2D eigenvalue weighted by atomic mass is 10.1. The molecule has 0 spiro atoms. The first kappa shape index (κ1) is 14.7. The molecule has 1 saturated heterocycles. The minimum atomic E-state index is -0.419. The van der Waals surface area contributed by atoms with Crippen LogP contribution in [0.25, 0.3) is 0 Å². The first-order valence-corrected chi connectivity index (χ1v) is 6.68. The standard InChI is InChI=1S/C14H21N3O3/c1-9-6-12(19-3)7-11(16-9)8-17-4-5-20-10(2)13(17)14(15)18/h6-7,10,13H,4-5,8H2,1-3H3,(H2,15,18)/t10-,13+/m1/s1. The molecule has 110 valence electrons. The van der Waals surface area contributed by atoms with Gasteiger partial charge in [0.05, 0.1) is 25.5 Å². The van der Waals surface area contributed by atoms with Crippen molar-refractivity contribution in [2.24, 2.45) is 5.73 Å². The number of hydrogen-bond acceptors (Lipinski definition) is 5. The van der Waals surface area contributed by atoms with Crippen LogP contribution in [0.1, 0.15) is 18.3 Å². The molecule has 0 bridgehead atoms. The summed E-state index contributed by atoms with van der Waals surface area (Å²) in [6.45, 7) is 5.59. The van der Waals surface area contributed by atoms with E-state index in [1.807, 2.05) is 30.9 Å². The van der Waals surface area contributed by atoms with Crippen molar-refractivity contribution in [2.45, 2.75) is 32.5 Å². The third-order valence-electron chi connectivity index (χ3n) is 3.47. The normalized spacial score (nSPS) is 23.6. The maximum atomic E-state index is 11.6. The Hall–Kier alpha value is -1.66. The van der Waals surface area contributed by atoms with Crippen LogP contribution in [0.3, 0.4) is 0 Å². The molecule has 2 atom stereocenters. The monoisotopic (exact) mass is 279 g/mol. The number of primary amides is 1. The summed E-state index contributed by atoms with van der Waals surface area (Å²) in [4.78, 5) is 18.1. The molecular weight excluding hydrogens is 258 g/mol. The van der Waals surface area contributed by atoms with Gasteiger partial charge in [0.2, 0.25) is 5.91 Å². The third kappa shape index (κ3) is 3.26. The van der Waals surface area contributed by atoms with Gasteiger partial charge in [-0.15, -0.1) is 0 Å². The van der Waals surface area contributed by atoms with Crippen molar-refractivity contribution in [1.29, 1.82) is 0 Å². The van der Waals surface area contributed by atoms with Gasteiger partial charge in [-0.1, -0.05) is 0 Å². The molecule has 0 radical (unpaired) electrons. The third-order valence-corrected chi connectivity index (χ3v) is 3.47. The molecule has 0 aromatic carbocycles. The highest BCUT2D eigenvalue weighted by molar-refractivity contribution is 5.80. The Morgan fingerprint density at radius 2 is 2.35 bits per heavy atom. The van der Waals surface area contributed by atoms with Gasteiger partial charge < -0.3 is 15.2 Å². The lowest BCUT2D eigenvalue weighted by Gasteiger charge is -2.37. The number of hydrogen-bond donors (Lipinski definition) is 1. The summed E-state index contributed by atoms with van der Waals surface area (Å²) in [6, 6.07) is 3.33. The van der Waals surface area contributed by atoms with Crippen molar-refractivity contribution in [2.75, 3.05) is 20.3 Å². The van der Waals surface area contributed by atoms with E-state index in [2.05, 4.69) is 4.98 Å². The Balaban J connectivity index is 2.18. The summed E-state index contributed by atoms with van der Waals surface area (Å²) in [7, 11) is 1.63. The van der Waals surface area contributed by atoms with Crippen molar-refractivity contribution in [1.82, 2.24) is 9.88 Å². The van der Waals surface area contributed by atoms with Crippen LogP contribution in [0, 0.1) is 6.92 Å². The van der Waals surface area contributed by atoms with Crippen molar-refractivity contribution in [3.05, 3.63) is 23.5 Å². The number of nitrogens with zero attached hydrogens (tertiary/aromatic N) is 2. The first-order valence-electron chi connectivity index (χ1n) is 6.68. The molecule has 2 heterocycles. The minimum Gasteiger partial charge on any atom is -0.497 e. The van der Waals surface area contributed by atoms with Gasteiger partial charge >= 0.3 is 0 Å². The Morgan fingerprint density at radius 3 is 3.00 bits per heavy atom.